The standard InChI is InChI=1S/C19H23F/c1-6-8-10-17(9-7-2)15(4)16(5)18-13-14(3)11-12-19(18)20/h7-13H,2,6H2,1,3-5H3/b10-8-,16-15-,17-9+. The van der Waals surface area contributed by atoms with Gasteiger partial charge in [0.25, 0.3) is 0 Å². The summed E-state index contributed by atoms with van der Waals surface area (Å²) in [6.07, 6.45) is 8.85. The van der Waals surface area contributed by atoms with E-state index in [1.54, 1.807) is 12.1 Å². The van der Waals surface area contributed by atoms with Crippen LogP contribution >= 0.6 is 0 Å². The molecule has 0 aliphatic carbocycles. The molecule has 0 spiro atoms. The predicted molar refractivity (Wildman–Crippen MR) is 87.1 cm³/mol. The lowest BCUT2D eigenvalue weighted by atomic mass is 9.95. The molecule has 1 heteroatoms. The van der Waals surface area contributed by atoms with Crippen LogP contribution < -0.4 is 0 Å². The quantitative estimate of drug-likeness (QED) is 0.575. The highest BCUT2D eigenvalue weighted by Gasteiger charge is 2.08. The summed E-state index contributed by atoms with van der Waals surface area (Å²) < 4.78 is 14.0. The maximum Gasteiger partial charge on any atom is 0.130 e. The van der Waals surface area contributed by atoms with Crippen LogP contribution in [0.4, 0.5) is 4.39 Å². The van der Waals surface area contributed by atoms with Crippen LogP contribution in [0, 0.1) is 12.7 Å². The van der Waals surface area contributed by atoms with E-state index in [9.17, 15) is 4.39 Å². The van der Waals surface area contributed by atoms with Gasteiger partial charge in [0, 0.05) is 5.56 Å². The molecule has 0 radical (unpaired) electrons. The van der Waals surface area contributed by atoms with Gasteiger partial charge < -0.3 is 0 Å². The molecule has 0 atom stereocenters. The summed E-state index contributed by atoms with van der Waals surface area (Å²) in [5, 5.41) is 0. The molecule has 0 saturated carbocycles. The van der Waals surface area contributed by atoms with Crippen LogP contribution in [-0.4, -0.2) is 0 Å². The zero-order valence-corrected chi connectivity index (χ0v) is 12.8. The third-order valence-corrected chi connectivity index (χ3v) is 3.35. The number of hydrogen-bond acceptors (Lipinski definition) is 0. The van der Waals surface area contributed by atoms with Crippen molar-refractivity contribution >= 4 is 5.57 Å². The molecule has 0 aliphatic rings. The zero-order valence-electron chi connectivity index (χ0n) is 12.8. The maximum atomic E-state index is 14.0. The molecule has 20 heavy (non-hydrogen) atoms. The van der Waals surface area contributed by atoms with E-state index in [2.05, 4.69) is 25.7 Å². The first-order valence-electron chi connectivity index (χ1n) is 6.94. The second kappa shape index (κ2) is 7.64. The van der Waals surface area contributed by atoms with Gasteiger partial charge in [-0.15, -0.1) is 0 Å². The molecule has 0 nitrogen and oxygen atoms in total. The molecule has 0 heterocycles. The highest BCUT2D eigenvalue weighted by molar-refractivity contribution is 5.72. The monoisotopic (exact) mass is 270 g/mol. The van der Waals surface area contributed by atoms with E-state index in [0.29, 0.717) is 5.56 Å². The Balaban J connectivity index is 3.34. The van der Waals surface area contributed by atoms with Crippen molar-refractivity contribution in [2.45, 2.75) is 34.1 Å². The fourth-order valence-electron chi connectivity index (χ4n) is 2.02. The zero-order chi connectivity index (χ0) is 15.1. The second-order valence-electron chi connectivity index (χ2n) is 4.90. The summed E-state index contributed by atoms with van der Waals surface area (Å²) in [4.78, 5) is 0. The lowest BCUT2D eigenvalue weighted by molar-refractivity contribution is 0.623. The minimum absolute atomic E-state index is 0.176. The number of hydrogen-bond donors (Lipinski definition) is 0. The molecule has 0 bridgehead atoms. The van der Waals surface area contributed by atoms with Crippen molar-refractivity contribution in [3.8, 4) is 0 Å². The summed E-state index contributed by atoms with van der Waals surface area (Å²) >= 11 is 0. The number of halogens is 1. The summed E-state index contributed by atoms with van der Waals surface area (Å²) in [6, 6.07) is 5.21. The Morgan fingerprint density at radius 1 is 1.30 bits per heavy atom. The molecule has 1 aromatic rings. The molecule has 0 unspecified atom stereocenters. The highest BCUT2D eigenvalue weighted by Crippen LogP contribution is 2.26. The van der Waals surface area contributed by atoms with E-state index in [0.717, 1.165) is 28.7 Å². The lowest BCUT2D eigenvalue weighted by Gasteiger charge is -2.11. The maximum absolute atomic E-state index is 14.0. The first kappa shape index (κ1) is 16.2. The van der Waals surface area contributed by atoms with Crippen molar-refractivity contribution in [3.05, 3.63) is 77.2 Å². The Bertz CT molecular complexity index is 571. The summed E-state index contributed by atoms with van der Waals surface area (Å²) in [6.45, 7) is 11.8. The fraction of sp³-hybridized carbons (Fsp3) is 0.263. The van der Waals surface area contributed by atoms with Crippen molar-refractivity contribution in [1.82, 2.24) is 0 Å². The molecule has 0 amide bonds. The SMILES string of the molecule is C=C/C=C(\C=C/CC)C(/C)=C(/C)c1cc(C)ccc1F. The van der Waals surface area contributed by atoms with Crippen molar-refractivity contribution in [3.63, 3.8) is 0 Å². The smallest absolute Gasteiger partial charge is 0.130 e. The Morgan fingerprint density at radius 2 is 2.00 bits per heavy atom. The molecule has 106 valence electrons. The molecule has 1 rings (SSSR count). The molecule has 0 N–H and O–H groups in total. The largest absolute Gasteiger partial charge is 0.206 e. The Kier molecular flexibility index (Phi) is 6.17. The Morgan fingerprint density at radius 3 is 2.60 bits per heavy atom. The number of allylic oxidation sites excluding steroid dienone is 7. The van der Waals surface area contributed by atoms with Crippen LogP contribution in [0.25, 0.3) is 5.57 Å². The van der Waals surface area contributed by atoms with Gasteiger partial charge in [-0.05, 0) is 56.0 Å². The summed E-state index contributed by atoms with van der Waals surface area (Å²) in [5.41, 5.74) is 4.83. The van der Waals surface area contributed by atoms with Crippen LogP contribution in [-0.2, 0) is 0 Å². The number of rotatable bonds is 5. The Hall–Kier alpha value is -1.89. The van der Waals surface area contributed by atoms with Crippen LogP contribution in [0.15, 0.2) is 60.2 Å². The first-order chi connectivity index (χ1) is 9.51. The van der Waals surface area contributed by atoms with Crippen molar-refractivity contribution in [2.75, 3.05) is 0 Å². The third-order valence-electron chi connectivity index (χ3n) is 3.35. The summed E-state index contributed by atoms with van der Waals surface area (Å²) in [5.74, 6) is -0.176. The van der Waals surface area contributed by atoms with Crippen molar-refractivity contribution in [1.29, 1.82) is 0 Å². The second-order valence-corrected chi connectivity index (χ2v) is 4.90. The number of benzene rings is 1. The van der Waals surface area contributed by atoms with Crippen LogP contribution in [0.3, 0.4) is 0 Å². The molecule has 0 fully saturated rings. The van der Waals surface area contributed by atoms with Crippen LogP contribution in [0.1, 0.15) is 38.3 Å². The minimum atomic E-state index is -0.176. The van der Waals surface area contributed by atoms with Gasteiger partial charge in [0.1, 0.15) is 5.82 Å². The predicted octanol–water partition coefficient (Wildman–Crippen LogP) is 6.01. The molecular formula is C19H23F. The van der Waals surface area contributed by atoms with Gasteiger partial charge in [-0.25, -0.2) is 4.39 Å². The third kappa shape index (κ3) is 4.06. The number of aryl methyl sites for hydroxylation is 1. The highest BCUT2D eigenvalue weighted by atomic mass is 19.1. The summed E-state index contributed by atoms with van der Waals surface area (Å²) in [7, 11) is 0. The molecule has 1 aromatic carbocycles. The average molecular weight is 270 g/mol. The van der Waals surface area contributed by atoms with Gasteiger partial charge in [-0.1, -0.05) is 49.4 Å². The van der Waals surface area contributed by atoms with Gasteiger partial charge in [0.15, 0.2) is 0 Å². The van der Waals surface area contributed by atoms with Crippen LogP contribution in [0.2, 0.25) is 0 Å². The van der Waals surface area contributed by atoms with Gasteiger partial charge in [0.2, 0.25) is 0 Å². The molecule has 0 saturated heterocycles. The molecule has 0 aromatic heterocycles. The van der Waals surface area contributed by atoms with E-state index in [1.807, 2.05) is 32.9 Å². The lowest BCUT2D eigenvalue weighted by Crippen LogP contribution is -1.93. The van der Waals surface area contributed by atoms with Gasteiger partial charge in [-0.3, -0.25) is 0 Å². The first-order valence-corrected chi connectivity index (χ1v) is 6.94. The van der Waals surface area contributed by atoms with E-state index in [1.165, 1.54) is 6.07 Å². The van der Waals surface area contributed by atoms with E-state index in [4.69, 9.17) is 0 Å². The van der Waals surface area contributed by atoms with E-state index < -0.39 is 0 Å². The van der Waals surface area contributed by atoms with Crippen LogP contribution in [0.5, 0.6) is 0 Å². The Labute approximate surface area is 122 Å². The molecule has 0 aliphatic heterocycles. The topological polar surface area (TPSA) is 0 Å². The van der Waals surface area contributed by atoms with Crippen molar-refractivity contribution in [2.24, 2.45) is 0 Å². The van der Waals surface area contributed by atoms with Gasteiger partial charge in [0.05, 0.1) is 0 Å². The van der Waals surface area contributed by atoms with Gasteiger partial charge >= 0.3 is 0 Å². The van der Waals surface area contributed by atoms with E-state index in [-0.39, 0.29) is 5.82 Å². The van der Waals surface area contributed by atoms with E-state index >= 15 is 0 Å². The molecular weight excluding hydrogens is 247 g/mol. The fourth-order valence-corrected chi connectivity index (χ4v) is 2.02. The van der Waals surface area contributed by atoms with Gasteiger partial charge in [-0.2, -0.15) is 0 Å². The average Bonchev–Trinajstić information content (AvgIpc) is 2.44. The normalized spacial score (nSPS) is 13.6. The van der Waals surface area contributed by atoms with Crippen molar-refractivity contribution < 1.29 is 4.39 Å². The minimum Gasteiger partial charge on any atom is -0.206 e.